The molecule has 1 aliphatic rings. The van der Waals surface area contributed by atoms with Gasteiger partial charge in [0.1, 0.15) is 12.2 Å². The summed E-state index contributed by atoms with van der Waals surface area (Å²) in [4.78, 5) is 39.7. The standard InChI is InChI=1S/C36H57FN5O8P/c1-5-6-7-8-9-10-11-12-13-14-15-16-17-18-19-20-21-22-31(43)38-24-27-41(3)28-25-39-51(47,48-4)49-29-30-33(45)36(2,37)34(50-30)42-26-23-32(44)40-35(42)46/h6-7,9-10,12-13,15-16,18-19,23,26,30,33-34,45H,5,8,11,14,17,20-22,24-25,27-29H2,1-4H3,(H,38,43)(H,39,47)(H,40,44,46)/b7-6-,10-9-,13-12-,16-15-,19-18-/t30-,33-,34-,36-,51?/m1/s1. The van der Waals surface area contributed by atoms with Crippen LogP contribution in [-0.4, -0.2) is 90.3 Å². The van der Waals surface area contributed by atoms with E-state index in [1.54, 1.807) is 0 Å². The van der Waals surface area contributed by atoms with Crippen LogP contribution in [-0.2, 0) is 23.1 Å². The summed E-state index contributed by atoms with van der Waals surface area (Å²) in [6.45, 7) is 4.34. The molecule has 4 N–H and O–H groups in total. The number of alkyl halides is 1. The van der Waals surface area contributed by atoms with Crippen LogP contribution >= 0.6 is 7.75 Å². The second-order valence-electron chi connectivity index (χ2n) is 12.3. The molecule has 0 aliphatic carbocycles. The van der Waals surface area contributed by atoms with Gasteiger partial charge in [-0.05, 0) is 58.9 Å². The van der Waals surface area contributed by atoms with E-state index >= 15 is 4.39 Å². The Hall–Kier alpha value is -3.23. The molecule has 1 amide bonds. The zero-order chi connectivity index (χ0) is 37.5. The number of allylic oxidation sites excluding steroid dienone is 10. The Balaban J connectivity index is 1.57. The molecular formula is C36H57FN5O8P. The van der Waals surface area contributed by atoms with Crippen molar-refractivity contribution < 1.29 is 32.6 Å². The maximum Gasteiger partial charge on any atom is 0.405 e. The van der Waals surface area contributed by atoms with Gasteiger partial charge in [-0.2, -0.15) is 0 Å². The Morgan fingerprint density at radius 3 is 2.24 bits per heavy atom. The quantitative estimate of drug-likeness (QED) is 0.0620. The van der Waals surface area contributed by atoms with Gasteiger partial charge in [0.05, 0.1) is 6.61 Å². The van der Waals surface area contributed by atoms with Gasteiger partial charge in [0, 0.05) is 52.0 Å². The maximum absolute atomic E-state index is 15.4. The summed E-state index contributed by atoms with van der Waals surface area (Å²) < 4.78 is 45.3. The SMILES string of the molecule is CC/C=C\C/C=C\C/C=C\C/C=C\C/C=C\CCCC(=O)NCCN(C)CCNP(=O)(OC)OC[C@H]1O[C@@H](n2ccc(=O)[nH]c2=O)[C@](C)(F)[C@@H]1O. The van der Waals surface area contributed by atoms with Gasteiger partial charge in [-0.3, -0.25) is 23.7 Å². The highest BCUT2D eigenvalue weighted by atomic mass is 31.2. The predicted molar refractivity (Wildman–Crippen MR) is 198 cm³/mol. The van der Waals surface area contributed by atoms with Crippen molar-refractivity contribution in [3.63, 3.8) is 0 Å². The van der Waals surface area contributed by atoms with Crippen molar-refractivity contribution in [3.8, 4) is 0 Å². The van der Waals surface area contributed by atoms with E-state index in [1.165, 1.54) is 7.11 Å². The van der Waals surface area contributed by atoms with Crippen LogP contribution in [0, 0.1) is 0 Å². The van der Waals surface area contributed by atoms with Gasteiger partial charge in [0.15, 0.2) is 11.9 Å². The number of unbranched alkanes of at least 4 members (excludes halogenated alkanes) is 1. The lowest BCUT2D eigenvalue weighted by molar-refractivity contribution is -0.121. The topological polar surface area (TPSA) is 164 Å². The van der Waals surface area contributed by atoms with Crippen molar-refractivity contribution in [1.82, 2.24) is 24.9 Å². The number of H-pyrrole nitrogens is 1. The van der Waals surface area contributed by atoms with Gasteiger partial charge in [-0.1, -0.05) is 67.7 Å². The maximum atomic E-state index is 15.4. The van der Waals surface area contributed by atoms with E-state index in [0.29, 0.717) is 26.1 Å². The number of aromatic nitrogens is 2. The highest BCUT2D eigenvalue weighted by Crippen LogP contribution is 2.45. The molecule has 1 fully saturated rings. The normalized spacial score (nSPS) is 22.5. The molecule has 0 spiro atoms. The molecular weight excluding hydrogens is 680 g/mol. The summed E-state index contributed by atoms with van der Waals surface area (Å²) in [5, 5.41) is 16.1. The first-order valence-corrected chi connectivity index (χ1v) is 19.1. The van der Waals surface area contributed by atoms with Crippen LogP contribution in [0.3, 0.4) is 0 Å². The second kappa shape index (κ2) is 24.1. The number of rotatable bonds is 25. The Bertz CT molecular complexity index is 1490. The number of aliphatic hydroxyl groups excluding tert-OH is 1. The number of likely N-dealkylation sites (N-methyl/N-ethyl adjacent to an activating group) is 1. The number of halogens is 1. The van der Waals surface area contributed by atoms with Crippen molar-refractivity contribution >= 4 is 13.7 Å². The van der Waals surface area contributed by atoms with Crippen LogP contribution in [0.4, 0.5) is 4.39 Å². The lowest BCUT2D eigenvalue weighted by Crippen LogP contribution is -2.43. The van der Waals surface area contributed by atoms with E-state index in [4.69, 9.17) is 13.8 Å². The molecule has 1 aromatic rings. The molecule has 0 saturated carbocycles. The minimum absolute atomic E-state index is 0.0143. The Labute approximate surface area is 300 Å². The number of aromatic amines is 1. The fourth-order valence-corrected chi connectivity index (χ4v) is 6.05. The molecule has 1 aliphatic heterocycles. The number of carbonyl (C=O) groups excluding carboxylic acids is 1. The molecule has 0 aromatic carbocycles. The Morgan fingerprint density at radius 2 is 1.65 bits per heavy atom. The van der Waals surface area contributed by atoms with Crippen molar-refractivity contribution in [3.05, 3.63) is 93.9 Å². The Morgan fingerprint density at radius 1 is 1.06 bits per heavy atom. The highest BCUT2D eigenvalue weighted by molar-refractivity contribution is 7.51. The van der Waals surface area contributed by atoms with Crippen molar-refractivity contribution in [2.75, 3.05) is 46.9 Å². The summed E-state index contributed by atoms with van der Waals surface area (Å²) in [6, 6.07) is 1.03. The highest BCUT2D eigenvalue weighted by Gasteiger charge is 2.55. The van der Waals surface area contributed by atoms with Crippen LogP contribution in [0.15, 0.2) is 82.6 Å². The number of nitrogens with zero attached hydrogens (tertiary/aromatic N) is 2. The molecule has 0 bridgehead atoms. The number of aliphatic hydroxyl groups is 1. The van der Waals surface area contributed by atoms with E-state index in [-0.39, 0.29) is 12.5 Å². The molecule has 286 valence electrons. The minimum Gasteiger partial charge on any atom is -0.387 e. The van der Waals surface area contributed by atoms with Gasteiger partial charge in [-0.25, -0.2) is 18.8 Å². The summed E-state index contributed by atoms with van der Waals surface area (Å²) in [5.41, 5.74) is -3.99. The third kappa shape index (κ3) is 16.8. The molecule has 15 heteroatoms. The van der Waals surface area contributed by atoms with Gasteiger partial charge < -0.3 is 24.6 Å². The predicted octanol–water partition coefficient (Wildman–Crippen LogP) is 4.85. The van der Waals surface area contributed by atoms with E-state index in [0.717, 1.165) is 68.7 Å². The van der Waals surface area contributed by atoms with Crippen LogP contribution in [0.2, 0.25) is 0 Å². The number of ether oxygens (including phenoxy) is 1. The van der Waals surface area contributed by atoms with E-state index < -0.39 is 49.7 Å². The van der Waals surface area contributed by atoms with E-state index in [2.05, 4.69) is 78.1 Å². The lowest BCUT2D eigenvalue weighted by atomic mass is 9.98. The third-order valence-corrected chi connectivity index (χ3v) is 9.60. The molecule has 2 rings (SSSR count). The van der Waals surface area contributed by atoms with Gasteiger partial charge in [0.25, 0.3) is 5.56 Å². The van der Waals surface area contributed by atoms with Crippen LogP contribution in [0.1, 0.15) is 71.4 Å². The summed E-state index contributed by atoms with van der Waals surface area (Å²) in [6.07, 6.45) is 24.9. The smallest absolute Gasteiger partial charge is 0.387 e. The number of amides is 1. The third-order valence-electron chi connectivity index (χ3n) is 8.02. The van der Waals surface area contributed by atoms with E-state index in [9.17, 15) is 24.1 Å². The first-order chi connectivity index (χ1) is 24.4. The molecule has 1 aromatic heterocycles. The lowest BCUT2D eigenvalue weighted by Gasteiger charge is -2.24. The average molecular weight is 738 g/mol. The van der Waals surface area contributed by atoms with Gasteiger partial charge >= 0.3 is 13.4 Å². The molecule has 13 nitrogen and oxygen atoms in total. The summed E-state index contributed by atoms with van der Waals surface area (Å²) in [7, 11) is -0.827. The molecule has 2 heterocycles. The minimum atomic E-state index is -3.86. The first-order valence-electron chi connectivity index (χ1n) is 17.5. The van der Waals surface area contributed by atoms with E-state index in [1.807, 2.05) is 16.9 Å². The zero-order valence-electron chi connectivity index (χ0n) is 30.4. The summed E-state index contributed by atoms with van der Waals surface area (Å²) in [5.74, 6) is -0.0143. The molecule has 1 unspecified atom stereocenters. The van der Waals surface area contributed by atoms with Gasteiger partial charge in [0.2, 0.25) is 5.91 Å². The zero-order valence-corrected chi connectivity index (χ0v) is 31.3. The molecule has 0 radical (unpaired) electrons. The van der Waals surface area contributed by atoms with Crippen LogP contribution in [0.5, 0.6) is 0 Å². The average Bonchev–Trinajstić information content (AvgIpc) is 3.32. The second-order valence-corrected chi connectivity index (χ2v) is 14.2. The molecule has 5 atom stereocenters. The molecule has 51 heavy (non-hydrogen) atoms. The van der Waals surface area contributed by atoms with Crippen molar-refractivity contribution in [2.24, 2.45) is 0 Å². The van der Waals surface area contributed by atoms with Crippen LogP contribution in [0.25, 0.3) is 0 Å². The number of hydrogen-bond acceptors (Lipinski definition) is 9. The summed E-state index contributed by atoms with van der Waals surface area (Å²) >= 11 is 0. The number of hydrogen-bond donors (Lipinski definition) is 4. The number of carbonyl (C=O) groups is 1. The fourth-order valence-electron chi connectivity index (χ4n) is 5.01. The first kappa shape index (κ1) is 43.9. The fraction of sp³-hybridized carbons (Fsp3) is 0.583. The van der Waals surface area contributed by atoms with Gasteiger partial charge in [-0.15, -0.1) is 0 Å². The van der Waals surface area contributed by atoms with Crippen molar-refractivity contribution in [1.29, 1.82) is 0 Å². The Kier molecular flexibility index (Phi) is 20.8. The monoisotopic (exact) mass is 737 g/mol. The largest absolute Gasteiger partial charge is 0.405 e. The number of nitrogens with one attached hydrogen (secondary N) is 3. The molecule has 1 saturated heterocycles. The van der Waals surface area contributed by atoms with Crippen molar-refractivity contribution in [2.45, 2.75) is 89.3 Å². The van der Waals surface area contributed by atoms with Crippen LogP contribution < -0.4 is 21.7 Å².